The Hall–Kier alpha value is -1.36. The zero-order valence-corrected chi connectivity index (χ0v) is 16.5. The van der Waals surface area contributed by atoms with E-state index in [0.717, 1.165) is 41.7 Å². The second-order valence-corrected chi connectivity index (χ2v) is 7.85. The van der Waals surface area contributed by atoms with Gasteiger partial charge in [0.25, 0.3) is 0 Å². The van der Waals surface area contributed by atoms with Gasteiger partial charge in [0.2, 0.25) is 0 Å². The third-order valence-corrected chi connectivity index (χ3v) is 6.04. The smallest absolute Gasteiger partial charge is 0.161 e. The molecule has 3 rings (SSSR count). The summed E-state index contributed by atoms with van der Waals surface area (Å²) in [5.41, 5.74) is 2.74. The van der Waals surface area contributed by atoms with Crippen LogP contribution < -0.4 is 9.47 Å². The summed E-state index contributed by atoms with van der Waals surface area (Å²) >= 11 is 7.83. The first kappa shape index (κ1) is 18.4. The average molecular weight is 378 g/mol. The first-order chi connectivity index (χ1) is 12.1. The molecule has 5 heteroatoms. The van der Waals surface area contributed by atoms with Gasteiger partial charge in [0.1, 0.15) is 0 Å². The van der Waals surface area contributed by atoms with Crippen molar-refractivity contribution >= 4 is 23.4 Å². The quantitative estimate of drug-likeness (QED) is 0.655. The molecular weight excluding hydrogens is 354 g/mol. The van der Waals surface area contributed by atoms with Gasteiger partial charge in [0.15, 0.2) is 11.5 Å². The molecule has 134 valence electrons. The largest absolute Gasteiger partial charge is 0.493 e. The lowest BCUT2D eigenvalue weighted by atomic mass is 9.91. The summed E-state index contributed by atoms with van der Waals surface area (Å²) in [5, 5.41) is 0.784. The standard InChI is InChI=1S/C20H24ClNO2S/c1-22-10-8-14-12-19(23-2)20(24-3)13-17(14)18(22)9-11-25-16-6-4-15(21)5-7-16/h4-7,12-13,18H,8-11H2,1-3H3. The number of nitrogens with zero attached hydrogens (tertiary/aromatic N) is 1. The molecule has 0 N–H and O–H groups in total. The summed E-state index contributed by atoms with van der Waals surface area (Å²) in [5.74, 6) is 2.69. The van der Waals surface area contributed by atoms with Gasteiger partial charge in [0, 0.05) is 22.5 Å². The van der Waals surface area contributed by atoms with Crippen molar-refractivity contribution in [3.8, 4) is 11.5 Å². The predicted octanol–water partition coefficient (Wildman–Crippen LogP) is 5.07. The van der Waals surface area contributed by atoms with Crippen LogP contribution in [0.4, 0.5) is 0 Å². The minimum atomic E-state index is 0.406. The Morgan fingerprint density at radius 2 is 1.80 bits per heavy atom. The molecule has 1 heterocycles. The molecule has 1 aliphatic rings. The molecule has 0 aliphatic carbocycles. The van der Waals surface area contributed by atoms with E-state index in [1.165, 1.54) is 16.0 Å². The molecule has 0 saturated heterocycles. The van der Waals surface area contributed by atoms with Crippen molar-refractivity contribution in [3.63, 3.8) is 0 Å². The van der Waals surface area contributed by atoms with Gasteiger partial charge in [-0.3, -0.25) is 4.90 Å². The number of hydrogen-bond donors (Lipinski definition) is 0. The van der Waals surface area contributed by atoms with Gasteiger partial charge in [-0.05, 0) is 73.2 Å². The van der Waals surface area contributed by atoms with E-state index < -0.39 is 0 Å². The van der Waals surface area contributed by atoms with E-state index >= 15 is 0 Å². The van der Waals surface area contributed by atoms with Crippen LogP contribution in [0.5, 0.6) is 11.5 Å². The van der Waals surface area contributed by atoms with Gasteiger partial charge in [-0.15, -0.1) is 11.8 Å². The zero-order chi connectivity index (χ0) is 17.8. The molecule has 25 heavy (non-hydrogen) atoms. The average Bonchev–Trinajstić information content (AvgIpc) is 2.64. The van der Waals surface area contributed by atoms with Gasteiger partial charge in [-0.1, -0.05) is 11.6 Å². The lowest BCUT2D eigenvalue weighted by Gasteiger charge is -2.35. The van der Waals surface area contributed by atoms with Gasteiger partial charge >= 0.3 is 0 Å². The highest BCUT2D eigenvalue weighted by molar-refractivity contribution is 7.99. The van der Waals surface area contributed by atoms with Crippen molar-refractivity contribution in [2.24, 2.45) is 0 Å². The highest BCUT2D eigenvalue weighted by Crippen LogP contribution is 2.39. The fourth-order valence-corrected chi connectivity index (χ4v) is 4.38. The molecule has 0 amide bonds. The first-order valence-electron chi connectivity index (χ1n) is 8.45. The topological polar surface area (TPSA) is 21.7 Å². The van der Waals surface area contributed by atoms with Crippen LogP contribution in [0.15, 0.2) is 41.3 Å². The minimum Gasteiger partial charge on any atom is -0.493 e. The van der Waals surface area contributed by atoms with E-state index in [9.17, 15) is 0 Å². The SMILES string of the molecule is COc1cc2c(cc1OC)C(CCSc1ccc(Cl)cc1)N(C)CC2. The maximum atomic E-state index is 5.96. The number of fused-ring (bicyclic) bond motifs is 1. The van der Waals surface area contributed by atoms with E-state index in [1.54, 1.807) is 14.2 Å². The number of thioether (sulfide) groups is 1. The van der Waals surface area contributed by atoms with E-state index in [4.69, 9.17) is 21.1 Å². The van der Waals surface area contributed by atoms with Crippen LogP contribution in [0, 0.1) is 0 Å². The first-order valence-corrected chi connectivity index (χ1v) is 9.82. The summed E-state index contributed by atoms with van der Waals surface area (Å²) in [6, 6.07) is 12.8. The number of ether oxygens (including phenoxy) is 2. The molecular formula is C20H24ClNO2S. The number of halogens is 1. The van der Waals surface area contributed by atoms with Gasteiger partial charge in [-0.25, -0.2) is 0 Å². The Morgan fingerprint density at radius 3 is 2.48 bits per heavy atom. The number of rotatable bonds is 6. The van der Waals surface area contributed by atoms with Crippen molar-refractivity contribution in [2.45, 2.75) is 23.8 Å². The van der Waals surface area contributed by atoms with Crippen molar-refractivity contribution in [1.29, 1.82) is 0 Å². The highest BCUT2D eigenvalue weighted by Gasteiger charge is 2.26. The summed E-state index contributed by atoms with van der Waals surface area (Å²) in [6.07, 6.45) is 2.14. The molecule has 1 unspecified atom stereocenters. The zero-order valence-electron chi connectivity index (χ0n) is 14.9. The van der Waals surface area contributed by atoms with Crippen LogP contribution in [-0.4, -0.2) is 38.5 Å². The lowest BCUT2D eigenvalue weighted by molar-refractivity contribution is 0.225. The monoisotopic (exact) mass is 377 g/mol. The lowest BCUT2D eigenvalue weighted by Crippen LogP contribution is -2.32. The second kappa shape index (κ2) is 8.35. The Balaban J connectivity index is 1.74. The predicted molar refractivity (Wildman–Crippen MR) is 105 cm³/mol. The molecule has 2 aromatic rings. The van der Waals surface area contributed by atoms with Crippen LogP contribution >= 0.6 is 23.4 Å². The molecule has 3 nitrogen and oxygen atoms in total. The van der Waals surface area contributed by atoms with Gasteiger partial charge in [-0.2, -0.15) is 0 Å². The Kier molecular flexibility index (Phi) is 6.15. The van der Waals surface area contributed by atoms with Crippen LogP contribution in [-0.2, 0) is 6.42 Å². The van der Waals surface area contributed by atoms with E-state index in [1.807, 2.05) is 23.9 Å². The molecule has 0 fully saturated rings. The molecule has 1 aliphatic heterocycles. The molecule has 0 saturated carbocycles. The van der Waals surface area contributed by atoms with Crippen LogP contribution in [0.25, 0.3) is 0 Å². The number of benzene rings is 2. The molecule has 0 radical (unpaired) electrons. The Morgan fingerprint density at radius 1 is 1.12 bits per heavy atom. The van der Waals surface area contributed by atoms with Gasteiger partial charge in [0.05, 0.1) is 14.2 Å². The van der Waals surface area contributed by atoms with E-state index in [0.29, 0.717) is 6.04 Å². The fraction of sp³-hybridized carbons (Fsp3) is 0.400. The highest BCUT2D eigenvalue weighted by atomic mass is 35.5. The fourth-order valence-electron chi connectivity index (χ4n) is 3.35. The molecule has 0 spiro atoms. The van der Waals surface area contributed by atoms with E-state index in [2.05, 4.69) is 36.2 Å². The summed E-state index contributed by atoms with van der Waals surface area (Å²) in [4.78, 5) is 3.70. The third-order valence-electron chi connectivity index (χ3n) is 4.74. The normalized spacial score (nSPS) is 17.2. The molecule has 1 atom stereocenters. The number of likely N-dealkylation sites (N-methyl/N-ethyl adjacent to an activating group) is 1. The summed E-state index contributed by atoms with van der Waals surface area (Å²) < 4.78 is 11.0. The van der Waals surface area contributed by atoms with Crippen LogP contribution in [0.3, 0.4) is 0 Å². The maximum Gasteiger partial charge on any atom is 0.161 e. The summed E-state index contributed by atoms with van der Waals surface area (Å²) in [7, 11) is 5.60. The Labute approximate surface area is 159 Å². The number of hydrogen-bond acceptors (Lipinski definition) is 4. The summed E-state index contributed by atoms with van der Waals surface area (Å²) in [6.45, 7) is 1.07. The minimum absolute atomic E-state index is 0.406. The van der Waals surface area contributed by atoms with Crippen molar-refractivity contribution < 1.29 is 9.47 Å². The van der Waals surface area contributed by atoms with Crippen LogP contribution in [0.2, 0.25) is 5.02 Å². The maximum absolute atomic E-state index is 5.96. The van der Waals surface area contributed by atoms with Crippen molar-refractivity contribution in [3.05, 3.63) is 52.5 Å². The second-order valence-electron chi connectivity index (χ2n) is 6.24. The third kappa shape index (κ3) is 4.25. The Bertz CT molecular complexity index is 720. The van der Waals surface area contributed by atoms with Crippen LogP contribution in [0.1, 0.15) is 23.6 Å². The van der Waals surface area contributed by atoms with Gasteiger partial charge < -0.3 is 9.47 Å². The molecule has 0 aromatic heterocycles. The number of methoxy groups -OCH3 is 2. The molecule has 2 aromatic carbocycles. The van der Waals surface area contributed by atoms with Crippen molar-refractivity contribution in [2.75, 3.05) is 33.6 Å². The molecule has 0 bridgehead atoms. The van der Waals surface area contributed by atoms with Crippen molar-refractivity contribution in [1.82, 2.24) is 4.90 Å². The van der Waals surface area contributed by atoms with E-state index in [-0.39, 0.29) is 0 Å².